The minimum absolute atomic E-state index is 0.392. The van der Waals surface area contributed by atoms with Gasteiger partial charge in [-0.15, -0.1) is 0 Å². The molecule has 28 heavy (non-hydrogen) atoms. The maximum absolute atomic E-state index is 12.3. The summed E-state index contributed by atoms with van der Waals surface area (Å²) in [7, 11) is 0. The third-order valence-electron chi connectivity index (χ3n) is 4.24. The van der Waals surface area contributed by atoms with E-state index in [4.69, 9.17) is 4.74 Å². The van der Waals surface area contributed by atoms with Gasteiger partial charge in [-0.3, -0.25) is 4.79 Å². The van der Waals surface area contributed by atoms with Crippen LogP contribution in [0.2, 0.25) is 0 Å². The molecule has 2 N–H and O–H groups in total. The van der Waals surface area contributed by atoms with Crippen LogP contribution in [0, 0.1) is 6.92 Å². The van der Waals surface area contributed by atoms with Crippen molar-refractivity contribution in [3.8, 4) is 5.69 Å². The number of nitrogens with one attached hydrogen (secondary N) is 2. The fraction of sp³-hybridized carbons (Fsp3) is 0.0952. The Morgan fingerprint density at radius 3 is 2.68 bits per heavy atom. The quantitative estimate of drug-likeness (QED) is 0.524. The number of fused-ring (bicyclic) bond motifs is 1. The number of amides is 1. The number of ether oxygens (including phenoxy) is 1. The van der Waals surface area contributed by atoms with Crippen LogP contribution in [0.4, 0.5) is 5.82 Å². The van der Waals surface area contributed by atoms with E-state index in [1.54, 1.807) is 16.9 Å². The second-order valence-electron chi connectivity index (χ2n) is 6.29. The number of aromatic amines is 1. The van der Waals surface area contributed by atoms with Gasteiger partial charge in [0, 0.05) is 23.2 Å². The number of nitrogens with zero attached hydrogens (tertiary/aromatic N) is 2. The summed E-state index contributed by atoms with van der Waals surface area (Å²) in [4.78, 5) is 27.6. The summed E-state index contributed by atoms with van der Waals surface area (Å²) < 4.78 is 6.81. The average molecular weight is 374 g/mol. The minimum atomic E-state index is -0.555. The highest BCUT2D eigenvalue weighted by atomic mass is 16.5. The Kier molecular flexibility index (Phi) is 4.63. The van der Waals surface area contributed by atoms with Gasteiger partial charge in [-0.05, 0) is 25.1 Å². The van der Waals surface area contributed by atoms with Crippen LogP contribution < -0.4 is 5.32 Å². The van der Waals surface area contributed by atoms with Gasteiger partial charge < -0.3 is 15.0 Å². The van der Waals surface area contributed by atoms with Gasteiger partial charge in [0.2, 0.25) is 0 Å². The average Bonchev–Trinajstić information content (AvgIpc) is 3.30. The first-order valence-electron chi connectivity index (χ1n) is 8.77. The van der Waals surface area contributed by atoms with E-state index in [0.717, 1.165) is 22.3 Å². The van der Waals surface area contributed by atoms with E-state index in [0.29, 0.717) is 11.4 Å². The Labute approximate surface area is 160 Å². The standard InChI is InChI=1S/C21H18N4O3/c1-14-11-19(25(24-14)15-7-3-2-4-8-15)23-20(26)13-28-21(27)17-12-22-18-10-6-5-9-16(17)18/h2-12,22H,13H2,1H3,(H,23,26). The lowest BCUT2D eigenvalue weighted by Gasteiger charge is -2.09. The first-order chi connectivity index (χ1) is 13.6. The second-order valence-corrected chi connectivity index (χ2v) is 6.29. The molecule has 0 aliphatic heterocycles. The summed E-state index contributed by atoms with van der Waals surface area (Å²) in [5.41, 5.74) is 2.81. The zero-order valence-corrected chi connectivity index (χ0v) is 15.2. The van der Waals surface area contributed by atoms with Crippen LogP contribution in [0.5, 0.6) is 0 Å². The van der Waals surface area contributed by atoms with Crippen LogP contribution in [0.1, 0.15) is 16.1 Å². The first kappa shape index (κ1) is 17.5. The fourth-order valence-corrected chi connectivity index (χ4v) is 2.98. The van der Waals surface area contributed by atoms with Crippen molar-refractivity contribution in [2.24, 2.45) is 0 Å². The lowest BCUT2D eigenvalue weighted by Crippen LogP contribution is -2.22. The van der Waals surface area contributed by atoms with Crippen molar-refractivity contribution in [1.82, 2.24) is 14.8 Å². The largest absolute Gasteiger partial charge is 0.452 e. The predicted octanol–water partition coefficient (Wildman–Crippen LogP) is 3.46. The number of carbonyl (C=O) groups excluding carboxylic acids is 2. The number of esters is 1. The molecule has 0 fully saturated rings. The highest BCUT2D eigenvalue weighted by molar-refractivity contribution is 6.05. The number of para-hydroxylation sites is 2. The van der Waals surface area contributed by atoms with Gasteiger partial charge >= 0.3 is 5.97 Å². The minimum Gasteiger partial charge on any atom is -0.452 e. The molecule has 0 saturated carbocycles. The fourth-order valence-electron chi connectivity index (χ4n) is 2.98. The van der Waals surface area contributed by atoms with Crippen molar-refractivity contribution in [3.05, 3.63) is 78.1 Å². The first-order valence-corrected chi connectivity index (χ1v) is 8.77. The van der Waals surface area contributed by atoms with E-state index in [-0.39, 0.29) is 0 Å². The number of rotatable bonds is 5. The molecule has 7 heteroatoms. The van der Waals surface area contributed by atoms with Gasteiger partial charge in [-0.1, -0.05) is 36.4 Å². The van der Waals surface area contributed by atoms with Crippen molar-refractivity contribution < 1.29 is 14.3 Å². The number of carbonyl (C=O) groups is 2. The van der Waals surface area contributed by atoms with Crippen molar-refractivity contribution in [2.75, 3.05) is 11.9 Å². The number of aryl methyl sites for hydroxylation is 1. The maximum atomic E-state index is 12.3. The molecule has 0 spiro atoms. The molecule has 0 bridgehead atoms. The summed E-state index contributed by atoms with van der Waals surface area (Å²) >= 11 is 0. The molecule has 0 unspecified atom stereocenters. The van der Waals surface area contributed by atoms with Crippen LogP contribution in [0.25, 0.3) is 16.6 Å². The predicted molar refractivity (Wildman–Crippen MR) is 106 cm³/mol. The Morgan fingerprint density at radius 2 is 1.86 bits per heavy atom. The molecule has 4 rings (SSSR count). The lowest BCUT2D eigenvalue weighted by atomic mass is 10.2. The number of benzene rings is 2. The van der Waals surface area contributed by atoms with E-state index < -0.39 is 18.5 Å². The van der Waals surface area contributed by atoms with Crippen molar-refractivity contribution in [2.45, 2.75) is 6.92 Å². The Morgan fingerprint density at radius 1 is 1.11 bits per heavy atom. The van der Waals surface area contributed by atoms with Crippen molar-refractivity contribution in [3.63, 3.8) is 0 Å². The Bertz CT molecular complexity index is 1140. The molecule has 2 aromatic heterocycles. The van der Waals surface area contributed by atoms with E-state index in [9.17, 15) is 9.59 Å². The SMILES string of the molecule is Cc1cc(NC(=O)COC(=O)c2c[nH]c3ccccc23)n(-c2ccccc2)n1. The summed E-state index contributed by atoms with van der Waals surface area (Å²) in [6.45, 7) is 1.45. The van der Waals surface area contributed by atoms with E-state index >= 15 is 0 Å². The summed E-state index contributed by atoms with van der Waals surface area (Å²) in [6, 6.07) is 18.6. The van der Waals surface area contributed by atoms with Gasteiger partial charge in [0.15, 0.2) is 6.61 Å². The zero-order chi connectivity index (χ0) is 19.5. The molecule has 0 radical (unpaired) electrons. The van der Waals surface area contributed by atoms with E-state index in [1.807, 2.05) is 61.5 Å². The number of hydrogen-bond acceptors (Lipinski definition) is 4. The van der Waals surface area contributed by atoms with Gasteiger partial charge in [0.05, 0.1) is 16.9 Å². The van der Waals surface area contributed by atoms with Crippen LogP contribution in [0.3, 0.4) is 0 Å². The van der Waals surface area contributed by atoms with Crippen molar-refractivity contribution >= 4 is 28.6 Å². The lowest BCUT2D eigenvalue weighted by molar-refractivity contribution is -0.119. The van der Waals surface area contributed by atoms with Crippen LogP contribution in [0.15, 0.2) is 66.9 Å². The normalized spacial score (nSPS) is 10.8. The third kappa shape index (κ3) is 3.50. The smallest absolute Gasteiger partial charge is 0.340 e. The molecule has 0 atom stereocenters. The Hall–Kier alpha value is -3.87. The molecular formula is C21H18N4O3. The number of aromatic nitrogens is 3. The van der Waals surface area contributed by atoms with Crippen LogP contribution >= 0.6 is 0 Å². The molecule has 140 valence electrons. The highest BCUT2D eigenvalue weighted by Crippen LogP contribution is 2.19. The number of H-pyrrole nitrogens is 1. The Balaban J connectivity index is 1.44. The molecule has 0 aliphatic rings. The van der Waals surface area contributed by atoms with Crippen molar-refractivity contribution in [1.29, 1.82) is 0 Å². The highest BCUT2D eigenvalue weighted by Gasteiger charge is 2.16. The van der Waals surface area contributed by atoms with Gasteiger partial charge in [-0.2, -0.15) is 5.10 Å². The van der Waals surface area contributed by atoms with Gasteiger partial charge in [-0.25, -0.2) is 9.48 Å². The topological polar surface area (TPSA) is 89.0 Å². The number of anilines is 1. The molecule has 0 aliphatic carbocycles. The van der Waals surface area contributed by atoms with Crippen LogP contribution in [-0.2, 0) is 9.53 Å². The van der Waals surface area contributed by atoms with E-state index in [1.165, 1.54) is 0 Å². The molecule has 2 heterocycles. The summed E-state index contributed by atoms with van der Waals surface area (Å²) in [6.07, 6.45) is 1.58. The van der Waals surface area contributed by atoms with Crippen LogP contribution in [-0.4, -0.2) is 33.2 Å². The molecule has 1 amide bonds. The summed E-state index contributed by atoms with van der Waals surface area (Å²) in [5, 5.41) is 7.89. The third-order valence-corrected chi connectivity index (χ3v) is 4.24. The number of hydrogen-bond donors (Lipinski definition) is 2. The molecule has 4 aromatic rings. The van der Waals surface area contributed by atoms with Gasteiger partial charge in [0.1, 0.15) is 5.82 Å². The molecular weight excluding hydrogens is 356 g/mol. The molecule has 0 saturated heterocycles. The summed E-state index contributed by atoms with van der Waals surface area (Å²) in [5.74, 6) is -0.484. The monoisotopic (exact) mass is 374 g/mol. The van der Waals surface area contributed by atoms with E-state index in [2.05, 4.69) is 15.4 Å². The second kappa shape index (κ2) is 7.40. The zero-order valence-electron chi connectivity index (χ0n) is 15.2. The maximum Gasteiger partial charge on any atom is 0.340 e. The van der Waals surface area contributed by atoms with Gasteiger partial charge in [0.25, 0.3) is 5.91 Å². The molecule has 2 aromatic carbocycles. The molecule has 7 nitrogen and oxygen atoms in total.